The van der Waals surface area contributed by atoms with E-state index in [1.54, 1.807) is 61.4 Å². The van der Waals surface area contributed by atoms with Gasteiger partial charge in [0.1, 0.15) is 0 Å². The van der Waals surface area contributed by atoms with Crippen LogP contribution in [-0.4, -0.2) is 80.5 Å². The molecule has 172 valence electrons. The van der Waals surface area contributed by atoms with Crippen LogP contribution in [0.5, 0.6) is 11.5 Å². The monoisotopic (exact) mass is 479 g/mol. The summed E-state index contributed by atoms with van der Waals surface area (Å²) in [5.74, 6) is 1.05. The highest BCUT2D eigenvalue weighted by atomic mass is 35.5. The molecule has 0 atom stereocenters. The van der Waals surface area contributed by atoms with Crippen LogP contribution in [0.2, 0.25) is 10.0 Å². The van der Waals surface area contributed by atoms with Crippen LogP contribution in [0.3, 0.4) is 0 Å². The Morgan fingerprint density at radius 2 is 1.62 bits per heavy atom. The van der Waals surface area contributed by atoms with Crippen LogP contribution in [0, 0.1) is 0 Å². The van der Waals surface area contributed by atoms with Gasteiger partial charge in [0.05, 0.1) is 30.8 Å². The molecule has 9 heteroatoms. The van der Waals surface area contributed by atoms with Crippen LogP contribution in [0.15, 0.2) is 36.4 Å². The molecule has 0 spiro atoms. The van der Waals surface area contributed by atoms with Gasteiger partial charge in [0.2, 0.25) is 5.91 Å². The van der Waals surface area contributed by atoms with Crippen molar-refractivity contribution in [1.29, 1.82) is 0 Å². The standard InChI is InChI=1S/C23H27Cl2N3O4/c1-26(14-16-4-6-18(24)19(25)12-16)22(29)15-27-8-10-28(11-9-27)23(30)17-5-7-20(31-2)21(13-17)32-3/h4-7,12-13H,8-11,14-15H2,1-3H3. The van der Waals surface area contributed by atoms with Crippen molar-refractivity contribution in [2.24, 2.45) is 0 Å². The van der Waals surface area contributed by atoms with E-state index in [1.807, 2.05) is 6.07 Å². The van der Waals surface area contributed by atoms with Crippen LogP contribution in [0.1, 0.15) is 15.9 Å². The lowest BCUT2D eigenvalue weighted by Gasteiger charge is -2.35. The number of ether oxygens (including phenoxy) is 2. The van der Waals surface area contributed by atoms with Crippen molar-refractivity contribution in [3.63, 3.8) is 0 Å². The van der Waals surface area contributed by atoms with Crippen molar-refractivity contribution < 1.29 is 19.1 Å². The number of rotatable bonds is 7. The van der Waals surface area contributed by atoms with Crippen LogP contribution in [-0.2, 0) is 11.3 Å². The third kappa shape index (κ3) is 5.85. The molecule has 1 aliphatic heterocycles. The van der Waals surface area contributed by atoms with E-state index in [0.717, 1.165) is 5.56 Å². The molecule has 0 aliphatic carbocycles. The molecule has 0 unspecified atom stereocenters. The zero-order chi connectivity index (χ0) is 23.3. The lowest BCUT2D eigenvalue weighted by molar-refractivity contribution is -0.132. The highest BCUT2D eigenvalue weighted by molar-refractivity contribution is 6.42. The number of carbonyl (C=O) groups is 2. The van der Waals surface area contributed by atoms with E-state index >= 15 is 0 Å². The van der Waals surface area contributed by atoms with E-state index in [0.29, 0.717) is 66.4 Å². The maximum absolute atomic E-state index is 12.9. The average Bonchev–Trinajstić information content (AvgIpc) is 2.80. The maximum Gasteiger partial charge on any atom is 0.254 e. The molecule has 2 aromatic carbocycles. The first kappa shape index (κ1) is 24.2. The Hall–Kier alpha value is -2.48. The van der Waals surface area contributed by atoms with E-state index in [9.17, 15) is 9.59 Å². The first-order valence-electron chi connectivity index (χ1n) is 10.2. The quantitative estimate of drug-likeness (QED) is 0.608. The minimum atomic E-state index is -0.0614. The number of benzene rings is 2. The Morgan fingerprint density at radius 1 is 0.938 bits per heavy atom. The highest BCUT2D eigenvalue weighted by Gasteiger charge is 2.25. The summed E-state index contributed by atoms with van der Waals surface area (Å²) in [6.45, 7) is 3.12. The smallest absolute Gasteiger partial charge is 0.254 e. The summed E-state index contributed by atoms with van der Waals surface area (Å²) in [5.41, 5.74) is 1.47. The van der Waals surface area contributed by atoms with Gasteiger partial charge in [0, 0.05) is 45.3 Å². The first-order valence-corrected chi connectivity index (χ1v) is 11.0. The molecule has 0 aromatic heterocycles. The maximum atomic E-state index is 12.9. The Labute approximate surface area is 198 Å². The summed E-state index contributed by atoms with van der Waals surface area (Å²) >= 11 is 12.0. The molecule has 1 saturated heterocycles. The topological polar surface area (TPSA) is 62.3 Å². The third-order valence-electron chi connectivity index (χ3n) is 5.48. The summed E-state index contributed by atoms with van der Waals surface area (Å²) in [6, 6.07) is 10.5. The molecule has 0 N–H and O–H groups in total. The second kappa shape index (κ2) is 10.9. The molecular weight excluding hydrogens is 453 g/mol. The first-order chi connectivity index (χ1) is 15.3. The second-order valence-corrected chi connectivity index (χ2v) is 8.45. The van der Waals surface area contributed by atoms with Gasteiger partial charge in [-0.05, 0) is 35.9 Å². The van der Waals surface area contributed by atoms with E-state index in [1.165, 1.54) is 0 Å². The van der Waals surface area contributed by atoms with Crippen molar-refractivity contribution >= 4 is 35.0 Å². The van der Waals surface area contributed by atoms with Crippen molar-refractivity contribution in [3.05, 3.63) is 57.6 Å². The molecular formula is C23H27Cl2N3O4. The average molecular weight is 480 g/mol. The van der Waals surface area contributed by atoms with Gasteiger partial charge in [-0.3, -0.25) is 14.5 Å². The summed E-state index contributed by atoms with van der Waals surface area (Å²) in [5, 5.41) is 0.963. The van der Waals surface area contributed by atoms with Crippen LogP contribution in [0.4, 0.5) is 0 Å². The summed E-state index contributed by atoms with van der Waals surface area (Å²) in [6.07, 6.45) is 0. The molecule has 7 nitrogen and oxygen atoms in total. The summed E-state index contributed by atoms with van der Waals surface area (Å²) in [4.78, 5) is 31.1. The molecule has 1 fully saturated rings. The molecule has 2 aromatic rings. The number of likely N-dealkylation sites (N-methyl/N-ethyl adjacent to an activating group) is 1. The van der Waals surface area contributed by atoms with Crippen LogP contribution < -0.4 is 9.47 Å². The van der Waals surface area contributed by atoms with E-state index in [2.05, 4.69) is 4.90 Å². The lowest BCUT2D eigenvalue weighted by atomic mass is 10.1. The third-order valence-corrected chi connectivity index (χ3v) is 6.22. The molecule has 2 amide bonds. The number of carbonyl (C=O) groups excluding carboxylic acids is 2. The van der Waals surface area contributed by atoms with Gasteiger partial charge in [-0.1, -0.05) is 29.3 Å². The van der Waals surface area contributed by atoms with Crippen molar-refractivity contribution in [2.75, 3.05) is 54.0 Å². The number of piperazine rings is 1. The predicted molar refractivity (Wildman–Crippen MR) is 125 cm³/mol. The number of hydrogen-bond acceptors (Lipinski definition) is 5. The van der Waals surface area contributed by atoms with Crippen molar-refractivity contribution in [2.45, 2.75) is 6.54 Å². The minimum Gasteiger partial charge on any atom is -0.493 e. The number of hydrogen-bond donors (Lipinski definition) is 0. The molecule has 3 rings (SSSR count). The Balaban J connectivity index is 1.51. The van der Waals surface area contributed by atoms with Crippen molar-refractivity contribution in [1.82, 2.24) is 14.7 Å². The van der Waals surface area contributed by atoms with Gasteiger partial charge < -0.3 is 19.3 Å². The zero-order valence-corrected chi connectivity index (χ0v) is 19.9. The van der Waals surface area contributed by atoms with Crippen LogP contribution >= 0.6 is 23.2 Å². The summed E-state index contributed by atoms with van der Waals surface area (Å²) < 4.78 is 10.5. The van der Waals surface area contributed by atoms with Crippen LogP contribution in [0.25, 0.3) is 0 Å². The minimum absolute atomic E-state index is 0.00994. The van der Waals surface area contributed by atoms with Gasteiger partial charge in [0.25, 0.3) is 5.91 Å². The number of halogens is 2. The van der Waals surface area contributed by atoms with E-state index < -0.39 is 0 Å². The second-order valence-electron chi connectivity index (χ2n) is 7.64. The Morgan fingerprint density at radius 3 is 2.25 bits per heavy atom. The Kier molecular flexibility index (Phi) is 8.23. The van der Waals surface area contributed by atoms with E-state index in [-0.39, 0.29) is 11.8 Å². The SMILES string of the molecule is COc1ccc(C(=O)N2CCN(CC(=O)N(C)Cc3ccc(Cl)c(Cl)c3)CC2)cc1OC. The number of amides is 2. The fourth-order valence-electron chi connectivity index (χ4n) is 3.57. The lowest BCUT2D eigenvalue weighted by Crippen LogP contribution is -2.51. The highest BCUT2D eigenvalue weighted by Crippen LogP contribution is 2.28. The van der Waals surface area contributed by atoms with Gasteiger partial charge in [-0.15, -0.1) is 0 Å². The van der Waals surface area contributed by atoms with Crippen molar-refractivity contribution in [3.8, 4) is 11.5 Å². The van der Waals surface area contributed by atoms with Gasteiger partial charge >= 0.3 is 0 Å². The molecule has 0 radical (unpaired) electrons. The molecule has 0 saturated carbocycles. The van der Waals surface area contributed by atoms with Gasteiger partial charge in [-0.25, -0.2) is 0 Å². The fraction of sp³-hybridized carbons (Fsp3) is 0.391. The summed E-state index contributed by atoms with van der Waals surface area (Å²) in [7, 11) is 4.87. The van der Waals surface area contributed by atoms with E-state index in [4.69, 9.17) is 32.7 Å². The van der Waals surface area contributed by atoms with Gasteiger partial charge in [0.15, 0.2) is 11.5 Å². The van der Waals surface area contributed by atoms with Gasteiger partial charge in [-0.2, -0.15) is 0 Å². The molecule has 1 heterocycles. The fourth-order valence-corrected chi connectivity index (χ4v) is 3.89. The molecule has 1 aliphatic rings. The number of nitrogens with zero attached hydrogens (tertiary/aromatic N) is 3. The molecule has 32 heavy (non-hydrogen) atoms. The molecule has 0 bridgehead atoms. The number of methoxy groups -OCH3 is 2. The zero-order valence-electron chi connectivity index (χ0n) is 18.4. The predicted octanol–water partition coefficient (Wildman–Crippen LogP) is 3.43. The normalized spacial score (nSPS) is 14.2. The largest absolute Gasteiger partial charge is 0.493 e. The Bertz CT molecular complexity index is 978.